The van der Waals surface area contributed by atoms with Crippen molar-refractivity contribution < 1.29 is 19.1 Å². The molecule has 188 valence electrons. The molecule has 2 aromatic rings. The van der Waals surface area contributed by atoms with Crippen molar-refractivity contribution in [3.8, 4) is 5.75 Å². The highest BCUT2D eigenvalue weighted by molar-refractivity contribution is 7.80. The summed E-state index contributed by atoms with van der Waals surface area (Å²) in [6, 6.07) is 10.6. The third kappa shape index (κ3) is 8.92. The summed E-state index contributed by atoms with van der Waals surface area (Å²) in [6.07, 6.45) is 8.73. The average Bonchev–Trinajstić information content (AvgIpc) is 2.89. The Kier molecular flexibility index (Phi) is 10.9. The molecule has 1 aliphatic rings. The van der Waals surface area contributed by atoms with E-state index in [1.54, 1.807) is 17.0 Å². The molecule has 0 radical (unpaired) electrons. The molecule has 3 rings (SSSR count). The summed E-state index contributed by atoms with van der Waals surface area (Å²) in [6.45, 7) is 5.04. The van der Waals surface area contributed by atoms with Crippen molar-refractivity contribution in [2.45, 2.75) is 45.4 Å². The number of pyridine rings is 1. The summed E-state index contributed by atoms with van der Waals surface area (Å²) in [5.74, 6) is 0.230. The van der Waals surface area contributed by atoms with E-state index in [9.17, 15) is 9.59 Å². The normalized spacial score (nSPS) is 13.2. The Balaban J connectivity index is 1.40. The lowest BCUT2D eigenvalue weighted by Gasteiger charge is -2.26. The van der Waals surface area contributed by atoms with Gasteiger partial charge in [-0.25, -0.2) is 0 Å². The molecule has 0 atom stereocenters. The van der Waals surface area contributed by atoms with Gasteiger partial charge in [-0.1, -0.05) is 39.0 Å². The van der Waals surface area contributed by atoms with E-state index in [1.807, 2.05) is 24.3 Å². The minimum atomic E-state index is -0.403. The zero-order valence-electron chi connectivity index (χ0n) is 20.3. The molecular weight excluding hydrogens is 464 g/mol. The molecule has 1 aromatic carbocycles. The second kappa shape index (κ2) is 14.4. The topological polar surface area (TPSA) is 92.8 Å². The van der Waals surface area contributed by atoms with Gasteiger partial charge in [-0.05, 0) is 55.0 Å². The molecule has 0 unspecified atom stereocenters. The van der Waals surface area contributed by atoms with E-state index in [1.165, 1.54) is 38.3 Å². The Labute approximate surface area is 212 Å². The van der Waals surface area contributed by atoms with E-state index in [-0.39, 0.29) is 11.0 Å². The zero-order chi connectivity index (χ0) is 24.9. The molecule has 1 aromatic heterocycles. The number of nitrogens with zero attached hydrogens (tertiary/aromatic N) is 2. The zero-order valence-corrected chi connectivity index (χ0v) is 21.1. The van der Waals surface area contributed by atoms with Crippen molar-refractivity contribution in [3.05, 3.63) is 53.9 Å². The van der Waals surface area contributed by atoms with Gasteiger partial charge >= 0.3 is 0 Å². The van der Waals surface area contributed by atoms with Gasteiger partial charge in [0.2, 0.25) is 0 Å². The molecule has 0 aliphatic carbocycles. The Morgan fingerprint density at radius 3 is 2.43 bits per heavy atom. The summed E-state index contributed by atoms with van der Waals surface area (Å²) in [5.41, 5.74) is 1.35. The lowest BCUT2D eigenvalue weighted by atomic mass is 10.1. The maximum atomic E-state index is 12.5. The van der Waals surface area contributed by atoms with E-state index in [0.29, 0.717) is 44.2 Å². The lowest BCUT2D eigenvalue weighted by molar-refractivity contribution is 0.0299. The van der Waals surface area contributed by atoms with Crippen LogP contribution >= 0.6 is 12.2 Å². The first-order valence-corrected chi connectivity index (χ1v) is 12.7. The fourth-order valence-corrected chi connectivity index (χ4v) is 3.84. The van der Waals surface area contributed by atoms with Crippen molar-refractivity contribution in [1.29, 1.82) is 0 Å². The van der Waals surface area contributed by atoms with Crippen LogP contribution in [0.5, 0.6) is 5.75 Å². The van der Waals surface area contributed by atoms with Crippen LogP contribution in [0.25, 0.3) is 0 Å². The highest BCUT2D eigenvalue weighted by Gasteiger charge is 2.20. The fourth-order valence-electron chi connectivity index (χ4n) is 3.63. The number of ether oxygens (including phenoxy) is 2. The molecule has 1 aliphatic heterocycles. The van der Waals surface area contributed by atoms with Gasteiger partial charge in [0.15, 0.2) is 5.11 Å². The number of anilines is 1. The van der Waals surface area contributed by atoms with Gasteiger partial charge in [0, 0.05) is 25.0 Å². The molecule has 2 N–H and O–H groups in total. The van der Waals surface area contributed by atoms with Gasteiger partial charge in [-0.15, -0.1) is 0 Å². The first-order chi connectivity index (χ1) is 17.1. The first kappa shape index (κ1) is 26.6. The molecule has 1 saturated heterocycles. The number of rotatable bonds is 11. The second-order valence-electron chi connectivity index (χ2n) is 8.39. The van der Waals surface area contributed by atoms with Gasteiger partial charge < -0.3 is 19.7 Å². The molecule has 1 fully saturated rings. The fraction of sp³-hybridized carbons (Fsp3) is 0.462. The van der Waals surface area contributed by atoms with Crippen molar-refractivity contribution in [2.24, 2.45) is 0 Å². The van der Waals surface area contributed by atoms with Gasteiger partial charge in [0.05, 0.1) is 25.4 Å². The number of morpholine rings is 1. The van der Waals surface area contributed by atoms with Crippen LogP contribution in [0.2, 0.25) is 0 Å². The number of nitrogens with one attached hydrogen (secondary N) is 2. The smallest absolute Gasteiger partial charge is 0.272 e. The van der Waals surface area contributed by atoms with Crippen LogP contribution in [0.1, 0.15) is 66.3 Å². The lowest BCUT2D eigenvalue weighted by Crippen LogP contribution is -2.41. The number of unbranched alkanes of at least 4 members (excludes halogenated alkanes) is 5. The van der Waals surface area contributed by atoms with Crippen LogP contribution in [0.4, 0.5) is 5.69 Å². The van der Waals surface area contributed by atoms with E-state index < -0.39 is 5.91 Å². The van der Waals surface area contributed by atoms with Gasteiger partial charge in [0.25, 0.3) is 11.8 Å². The van der Waals surface area contributed by atoms with Crippen molar-refractivity contribution in [1.82, 2.24) is 15.2 Å². The van der Waals surface area contributed by atoms with E-state index in [0.717, 1.165) is 17.9 Å². The van der Waals surface area contributed by atoms with E-state index in [4.69, 9.17) is 21.7 Å². The largest absolute Gasteiger partial charge is 0.494 e. The van der Waals surface area contributed by atoms with Crippen molar-refractivity contribution in [3.63, 3.8) is 0 Å². The molecule has 8 nitrogen and oxygen atoms in total. The number of thiocarbonyl (C=S) groups is 1. The van der Waals surface area contributed by atoms with Gasteiger partial charge in [-0.2, -0.15) is 0 Å². The number of benzene rings is 1. The summed E-state index contributed by atoms with van der Waals surface area (Å²) in [4.78, 5) is 30.8. The Morgan fingerprint density at radius 1 is 1.03 bits per heavy atom. The summed E-state index contributed by atoms with van der Waals surface area (Å²) in [7, 11) is 0. The van der Waals surface area contributed by atoms with Crippen LogP contribution in [0.15, 0.2) is 42.6 Å². The minimum Gasteiger partial charge on any atom is -0.494 e. The van der Waals surface area contributed by atoms with Crippen LogP contribution in [0, 0.1) is 0 Å². The number of aromatic nitrogens is 1. The summed E-state index contributed by atoms with van der Waals surface area (Å²) in [5, 5.41) is 5.79. The summed E-state index contributed by atoms with van der Waals surface area (Å²) >= 11 is 5.26. The molecule has 0 bridgehead atoms. The number of amides is 2. The number of carbonyl (C=O) groups is 2. The monoisotopic (exact) mass is 498 g/mol. The predicted octanol–water partition coefficient (Wildman–Crippen LogP) is 4.42. The van der Waals surface area contributed by atoms with Crippen LogP contribution in [0.3, 0.4) is 0 Å². The van der Waals surface area contributed by atoms with E-state index >= 15 is 0 Å². The molecule has 9 heteroatoms. The van der Waals surface area contributed by atoms with Crippen LogP contribution in [-0.2, 0) is 4.74 Å². The second-order valence-corrected chi connectivity index (χ2v) is 8.79. The predicted molar refractivity (Wildman–Crippen MR) is 140 cm³/mol. The minimum absolute atomic E-state index is 0.170. The molecule has 35 heavy (non-hydrogen) atoms. The van der Waals surface area contributed by atoms with Crippen LogP contribution in [-0.4, -0.2) is 59.7 Å². The molecular formula is C26H34N4O4S. The maximum Gasteiger partial charge on any atom is 0.272 e. The average molecular weight is 499 g/mol. The number of hydrogen-bond donors (Lipinski definition) is 2. The first-order valence-electron chi connectivity index (χ1n) is 12.2. The highest BCUT2D eigenvalue weighted by atomic mass is 32.1. The third-order valence-electron chi connectivity index (χ3n) is 5.65. The third-order valence-corrected chi connectivity index (χ3v) is 5.85. The Morgan fingerprint density at radius 2 is 1.74 bits per heavy atom. The standard InChI is InChI=1S/C26H34N4O4S/c1-2-3-4-5-6-7-16-34-22-11-9-21(10-12-22)28-26(35)29-24(31)20-8-13-23(27-19-20)25(32)30-14-17-33-18-15-30/h8-13,19H,2-7,14-18H2,1H3,(H2,28,29,31,35). The van der Waals surface area contributed by atoms with Crippen LogP contribution < -0.4 is 15.4 Å². The van der Waals surface area contributed by atoms with Crippen molar-refractivity contribution >= 4 is 34.8 Å². The number of hydrogen-bond acceptors (Lipinski definition) is 6. The highest BCUT2D eigenvalue weighted by Crippen LogP contribution is 2.16. The van der Waals surface area contributed by atoms with Gasteiger partial charge in [-0.3, -0.25) is 19.9 Å². The Bertz CT molecular complexity index is 960. The molecule has 2 amide bonds. The maximum absolute atomic E-state index is 12.5. The quantitative estimate of drug-likeness (QED) is 0.350. The molecule has 0 saturated carbocycles. The van der Waals surface area contributed by atoms with E-state index in [2.05, 4.69) is 22.5 Å². The molecule has 0 spiro atoms. The van der Waals surface area contributed by atoms with Gasteiger partial charge in [0.1, 0.15) is 11.4 Å². The summed E-state index contributed by atoms with van der Waals surface area (Å²) < 4.78 is 11.1. The number of carbonyl (C=O) groups excluding carboxylic acids is 2. The Hall–Kier alpha value is -3.04. The SMILES string of the molecule is CCCCCCCCOc1ccc(NC(=S)NC(=O)c2ccc(C(=O)N3CCOCC3)nc2)cc1. The molecule has 2 heterocycles. The van der Waals surface area contributed by atoms with Crippen molar-refractivity contribution in [2.75, 3.05) is 38.2 Å².